The van der Waals surface area contributed by atoms with Gasteiger partial charge in [0.2, 0.25) is 5.91 Å². The highest BCUT2D eigenvalue weighted by atomic mass is 16.5. The molecule has 0 atom stereocenters. The van der Waals surface area contributed by atoms with E-state index in [-0.39, 0.29) is 5.91 Å². The lowest BCUT2D eigenvalue weighted by Gasteiger charge is -2.26. The van der Waals surface area contributed by atoms with Crippen LogP contribution in [0.25, 0.3) is 6.08 Å². The molecule has 1 heterocycles. The maximum absolute atomic E-state index is 11.8. The predicted molar refractivity (Wildman–Crippen MR) is 91.5 cm³/mol. The van der Waals surface area contributed by atoms with Crippen LogP contribution < -0.4 is 10.1 Å². The van der Waals surface area contributed by atoms with E-state index in [4.69, 9.17) is 9.47 Å². The van der Waals surface area contributed by atoms with Crippen LogP contribution in [0.3, 0.4) is 0 Å². The lowest BCUT2D eigenvalue weighted by Crippen LogP contribution is -2.37. The van der Waals surface area contributed by atoms with Crippen molar-refractivity contribution < 1.29 is 14.3 Å². The second kappa shape index (κ2) is 10.0. The quantitative estimate of drug-likeness (QED) is 0.588. The Bertz CT molecular complexity index is 493. The summed E-state index contributed by atoms with van der Waals surface area (Å²) in [6.07, 6.45) is 5.48. The first kappa shape index (κ1) is 17.5. The lowest BCUT2D eigenvalue weighted by molar-refractivity contribution is -0.116. The molecule has 5 heteroatoms. The molecule has 2 rings (SSSR count). The third-order valence-corrected chi connectivity index (χ3v) is 3.85. The number of unbranched alkanes of at least 4 members (excludes halogenated alkanes) is 1. The molecule has 0 spiro atoms. The fraction of sp³-hybridized carbons (Fsp3) is 0.500. The zero-order valence-electron chi connectivity index (χ0n) is 13.8. The van der Waals surface area contributed by atoms with Gasteiger partial charge in [-0.05, 0) is 43.2 Å². The van der Waals surface area contributed by atoms with E-state index in [1.807, 2.05) is 30.3 Å². The van der Waals surface area contributed by atoms with Gasteiger partial charge >= 0.3 is 0 Å². The molecular weight excluding hydrogens is 292 g/mol. The number of carbonyl (C=O) groups excluding carboxylic acids is 1. The molecule has 126 valence electrons. The molecule has 23 heavy (non-hydrogen) atoms. The summed E-state index contributed by atoms with van der Waals surface area (Å²) in [5.74, 6) is 0.763. The Hall–Kier alpha value is -1.85. The molecule has 1 amide bonds. The molecule has 1 N–H and O–H groups in total. The first-order chi connectivity index (χ1) is 11.3. The summed E-state index contributed by atoms with van der Waals surface area (Å²) in [4.78, 5) is 14.2. The molecule has 1 aliphatic heterocycles. The van der Waals surface area contributed by atoms with E-state index >= 15 is 0 Å². The molecule has 0 bridgehead atoms. The zero-order chi connectivity index (χ0) is 16.3. The molecule has 1 aromatic carbocycles. The van der Waals surface area contributed by atoms with Crippen molar-refractivity contribution in [1.82, 2.24) is 10.2 Å². The second-order valence-corrected chi connectivity index (χ2v) is 5.56. The molecule has 0 aromatic heterocycles. The summed E-state index contributed by atoms with van der Waals surface area (Å²) in [7, 11) is 1.64. The summed E-state index contributed by atoms with van der Waals surface area (Å²) >= 11 is 0. The highest BCUT2D eigenvalue weighted by molar-refractivity contribution is 5.91. The molecular formula is C18H26N2O3. The van der Waals surface area contributed by atoms with E-state index in [0.29, 0.717) is 0 Å². The predicted octanol–water partition coefficient (Wildman–Crippen LogP) is 1.94. The maximum Gasteiger partial charge on any atom is 0.243 e. The Morgan fingerprint density at radius 3 is 2.70 bits per heavy atom. The molecule has 1 aromatic rings. The van der Waals surface area contributed by atoms with E-state index < -0.39 is 0 Å². The molecule has 0 radical (unpaired) electrons. The van der Waals surface area contributed by atoms with Crippen LogP contribution in [0.1, 0.15) is 18.4 Å². The minimum atomic E-state index is -0.0489. The number of benzene rings is 1. The molecule has 0 saturated carbocycles. The van der Waals surface area contributed by atoms with Gasteiger partial charge in [0.05, 0.1) is 20.3 Å². The third-order valence-electron chi connectivity index (χ3n) is 3.85. The van der Waals surface area contributed by atoms with Crippen molar-refractivity contribution in [3.8, 4) is 5.75 Å². The Balaban J connectivity index is 1.57. The van der Waals surface area contributed by atoms with Gasteiger partial charge in [-0.25, -0.2) is 0 Å². The number of morpholine rings is 1. The van der Waals surface area contributed by atoms with Crippen LogP contribution in [0.5, 0.6) is 5.75 Å². The number of rotatable bonds is 8. The average Bonchev–Trinajstić information content (AvgIpc) is 2.61. The van der Waals surface area contributed by atoms with Gasteiger partial charge in [0.1, 0.15) is 5.75 Å². The summed E-state index contributed by atoms with van der Waals surface area (Å²) < 4.78 is 10.4. The van der Waals surface area contributed by atoms with Gasteiger partial charge in [-0.1, -0.05) is 12.1 Å². The van der Waals surface area contributed by atoms with Crippen LogP contribution >= 0.6 is 0 Å². The van der Waals surface area contributed by atoms with Crippen molar-refractivity contribution in [3.05, 3.63) is 35.9 Å². The number of carbonyl (C=O) groups is 1. The number of nitrogens with zero attached hydrogens (tertiary/aromatic N) is 1. The van der Waals surface area contributed by atoms with Crippen molar-refractivity contribution in [2.75, 3.05) is 46.5 Å². The normalized spacial score (nSPS) is 15.7. The highest BCUT2D eigenvalue weighted by Gasteiger charge is 2.08. The van der Waals surface area contributed by atoms with Crippen LogP contribution in [0, 0.1) is 0 Å². The van der Waals surface area contributed by atoms with Crippen LogP contribution in [0.15, 0.2) is 30.3 Å². The van der Waals surface area contributed by atoms with Crippen molar-refractivity contribution in [2.45, 2.75) is 12.8 Å². The highest BCUT2D eigenvalue weighted by Crippen LogP contribution is 2.12. The van der Waals surface area contributed by atoms with E-state index in [1.165, 1.54) is 0 Å². The molecule has 1 saturated heterocycles. The molecule has 1 aliphatic rings. The molecule has 5 nitrogen and oxygen atoms in total. The monoisotopic (exact) mass is 318 g/mol. The van der Waals surface area contributed by atoms with Crippen LogP contribution in [-0.4, -0.2) is 57.3 Å². The topological polar surface area (TPSA) is 50.8 Å². The van der Waals surface area contributed by atoms with E-state index in [9.17, 15) is 4.79 Å². The van der Waals surface area contributed by atoms with Crippen molar-refractivity contribution in [3.63, 3.8) is 0 Å². The largest absolute Gasteiger partial charge is 0.497 e. The fourth-order valence-electron chi connectivity index (χ4n) is 2.44. The van der Waals surface area contributed by atoms with Gasteiger partial charge in [-0.15, -0.1) is 0 Å². The minimum absolute atomic E-state index is 0.0489. The maximum atomic E-state index is 11.8. The van der Waals surface area contributed by atoms with E-state index in [2.05, 4.69) is 10.2 Å². The SMILES string of the molecule is COc1ccc(/C=C/C(=O)NCCCCN2CCOCC2)cc1. The van der Waals surface area contributed by atoms with Crippen molar-refractivity contribution in [1.29, 1.82) is 0 Å². The Kier molecular flexibility index (Phi) is 7.63. The van der Waals surface area contributed by atoms with Gasteiger partial charge in [0.15, 0.2) is 0 Å². The molecule has 1 fully saturated rings. The minimum Gasteiger partial charge on any atom is -0.497 e. The Morgan fingerprint density at radius 2 is 2.00 bits per heavy atom. The molecule has 0 unspecified atom stereocenters. The van der Waals surface area contributed by atoms with Gasteiger partial charge < -0.3 is 14.8 Å². The van der Waals surface area contributed by atoms with E-state index in [0.717, 1.165) is 63.5 Å². The standard InChI is InChI=1S/C18H26N2O3/c1-22-17-7-4-16(5-8-17)6-9-18(21)19-10-2-3-11-20-12-14-23-15-13-20/h4-9H,2-3,10-15H2,1H3,(H,19,21)/b9-6+. The first-order valence-corrected chi connectivity index (χ1v) is 8.18. The van der Waals surface area contributed by atoms with Crippen molar-refractivity contribution >= 4 is 12.0 Å². The summed E-state index contributed by atoms with van der Waals surface area (Å²) in [6.45, 7) is 5.53. The third kappa shape index (κ3) is 6.84. The van der Waals surface area contributed by atoms with E-state index in [1.54, 1.807) is 13.2 Å². The summed E-state index contributed by atoms with van der Waals surface area (Å²) in [5.41, 5.74) is 0.980. The summed E-state index contributed by atoms with van der Waals surface area (Å²) in [6, 6.07) is 7.60. The Labute approximate surface area is 138 Å². The fourth-order valence-corrected chi connectivity index (χ4v) is 2.44. The number of hydrogen-bond acceptors (Lipinski definition) is 4. The number of ether oxygens (including phenoxy) is 2. The van der Waals surface area contributed by atoms with Crippen LogP contribution in [0.4, 0.5) is 0 Å². The van der Waals surface area contributed by atoms with Crippen LogP contribution in [-0.2, 0) is 9.53 Å². The number of hydrogen-bond donors (Lipinski definition) is 1. The van der Waals surface area contributed by atoms with Gasteiger partial charge in [0.25, 0.3) is 0 Å². The Morgan fingerprint density at radius 1 is 1.26 bits per heavy atom. The summed E-state index contributed by atoms with van der Waals surface area (Å²) in [5, 5.41) is 2.92. The van der Waals surface area contributed by atoms with Gasteiger partial charge in [0, 0.05) is 25.7 Å². The second-order valence-electron chi connectivity index (χ2n) is 5.56. The lowest BCUT2D eigenvalue weighted by atomic mass is 10.2. The first-order valence-electron chi connectivity index (χ1n) is 8.18. The smallest absolute Gasteiger partial charge is 0.243 e. The zero-order valence-corrected chi connectivity index (χ0v) is 13.8. The van der Waals surface area contributed by atoms with Crippen LogP contribution in [0.2, 0.25) is 0 Å². The van der Waals surface area contributed by atoms with Crippen molar-refractivity contribution in [2.24, 2.45) is 0 Å². The number of amides is 1. The van der Waals surface area contributed by atoms with Gasteiger partial charge in [-0.3, -0.25) is 9.69 Å². The average molecular weight is 318 g/mol. The van der Waals surface area contributed by atoms with Gasteiger partial charge in [-0.2, -0.15) is 0 Å². The number of methoxy groups -OCH3 is 1. The molecule has 0 aliphatic carbocycles. The number of nitrogens with one attached hydrogen (secondary N) is 1.